The molecule has 0 aromatic carbocycles. The molecule has 1 aliphatic rings. The Balaban J connectivity index is 2.26. The van der Waals surface area contributed by atoms with Gasteiger partial charge in [-0.15, -0.1) is 0 Å². The molecule has 96 valence electrons. The van der Waals surface area contributed by atoms with Crippen molar-refractivity contribution in [2.45, 2.75) is 12.5 Å². The summed E-state index contributed by atoms with van der Waals surface area (Å²) in [6.45, 7) is 0. The highest BCUT2D eigenvalue weighted by Crippen LogP contribution is 2.20. The number of aromatic nitrogens is 2. The zero-order chi connectivity index (χ0) is 13.4. The fourth-order valence-corrected chi connectivity index (χ4v) is 1.89. The molecule has 1 fully saturated rings. The van der Waals surface area contributed by atoms with Gasteiger partial charge in [-0.1, -0.05) is 11.6 Å². The molecule has 7 nitrogen and oxygen atoms in total. The zero-order valence-electron chi connectivity index (χ0n) is 9.81. The molecule has 0 bridgehead atoms. The number of likely N-dealkylation sites (N-methyl/N-ethyl adjacent to an activating group) is 1. The first-order valence-corrected chi connectivity index (χ1v) is 5.58. The van der Waals surface area contributed by atoms with Gasteiger partial charge in [0.1, 0.15) is 11.1 Å². The largest absolute Gasteiger partial charge is 0.371 e. The standard InChI is InChI=1S/C10H11ClN4O3/c1-14-7(16)3-5(9(14)17)13-6-4-12-15(2)10(18)8(6)11/h4-5,13H,3H2,1-2H3. The Morgan fingerprint density at radius 3 is 2.61 bits per heavy atom. The lowest BCUT2D eigenvalue weighted by Gasteiger charge is -2.13. The van der Waals surface area contributed by atoms with Gasteiger partial charge in [-0.25, -0.2) is 4.68 Å². The maximum Gasteiger partial charge on any atom is 0.287 e. The van der Waals surface area contributed by atoms with Gasteiger partial charge in [0, 0.05) is 14.1 Å². The van der Waals surface area contributed by atoms with E-state index in [0.717, 1.165) is 9.58 Å². The molecule has 0 radical (unpaired) electrons. The quantitative estimate of drug-likeness (QED) is 0.740. The van der Waals surface area contributed by atoms with E-state index < -0.39 is 11.6 Å². The normalized spacial score (nSPS) is 19.5. The molecule has 0 spiro atoms. The second kappa shape index (κ2) is 4.41. The molecule has 1 aromatic rings. The molecule has 1 saturated heterocycles. The average Bonchev–Trinajstić information content (AvgIpc) is 2.58. The minimum absolute atomic E-state index is 0.0425. The minimum Gasteiger partial charge on any atom is -0.371 e. The summed E-state index contributed by atoms with van der Waals surface area (Å²) in [6.07, 6.45) is 1.39. The Morgan fingerprint density at radius 2 is 2.06 bits per heavy atom. The number of halogens is 1. The number of carbonyl (C=O) groups is 2. The molecular weight excluding hydrogens is 260 g/mol. The zero-order valence-corrected chi connectivity index (χ0v) is 10.6. The number of hydrogen-bond donors (Lipinski definition) is 1. The molecule has 1 unspecified atom stereocenters. The Kier molecular flexibility index (Phi) is 3.08. The summed E-state index contributed by atoms with van der Waals surface area (Å²) in [5.41, 5.74) is -0.215. The molecule has 1 atom stereocenters. The summed E-state index contributed by atoms with van der Waals surface area (Å²) < 4.78 is 1.08. The van der Waals surface area contributed by atoms with Crippen molar-refractivity contribution in [2.75, 3.05) is 12.4 Å². The van der Waals surface area contributed by atoms with Gasteiger partial charge in [0.05, 0.1) is 18.3 Å². The SMILES string of the molecule is CN1C(=O)CC(Nc2cnn(C)c(=O)c2Cl)C1=O. The first-order chi connectivity index (χ1) is 8.41. The third kappa shape index (κ3) is 1.97. The van der Waals surface area contributed by atoms with Crippen LogP contribution in [0.1, 0.15) is 6.42 Å². The molecular formula is C10H11ClN4O3. The fourth-order valence-electron chi connectivity index (χ4n) is 1.67. The molecule has 18 heavy (non-hydrogen) atoms. The van der Waals surface area contributed by atoms with E-state index in [2.05, 4.69) is 10.4 Å². The summed E-state index contributed by atoms with van der Waals surface area (Å²) in [7, 11) is 2.88. The molecule has 8 heteroatoms. The van der Waals surface area contributed by atoms with Crippen molar-refractivity contribution in [1.29, 1.82) is 0 Å². The number of rotatable bonds is 2. The van der Waals surface area contributed by atoms with Crippen LogP contribution in [-0.4, -0.2) is 39.6 Å². The summed E-state index contributed by atoms with van der Waals surface area (Å²) >= 11 is 5.85. The van der Waals surface area contributed by atoms with Crippen LogP contribution < -0.4 is 10.9 Å². The topological polar surface area (TPSA) is 84.3 Å². The monoisotopic (exact) mass is 270 g/mol. The number of aryl methyl sites for hydroxylation is 1. The number of carbonyl (C=O) groups excluding carboxylic acids is 2. The maximum absolute atomic E-state index is 11.7. The first-order valence-electron chi connectivity index (χ1n) is 5.20. The Morgan fingerprint density at radius 1 is 1.39 bits per heavy atom. The smallest absolute Gasteiger partial charge is 0.287 e. The lowest BCUT2D eigenvalue weighted by molar-refractivity contribution is -0.136. The molecule has 1 aliphatic heterocycles. The third-order valence-corrected chi connectivity index (χ3v) is 3.15. The Hall–Kier alpha value is -1.89. The Labute approximate surface area is 107 Å². The number of amides is 2. The predicted molar refractivity (Wildman–Crippen MR) is 64.3 cm³/mol. The van der Waals surface area contributed by atoms with Crippen LogP contribution in [0.2, 0.25) is 5.02 Å². The molecule has 2 heterocycles. The van der Waals surface area contributed by atoms with Gasteiger partial charge in [0.15, 0.2) is 0 Å². The van der Waals surface area contributed by atoms with Crippen LogP contribution in [0.4, 0.5) is 5.69 Å². The highest BCUT2D eigenvalue weighted by molar-refractivity contribution is 6.33. The predicted octanol–water partition coefficient (Wildman–Crippen LogP) is -0.397. The summed E-state index contributed by atoms with van der Waals surface area (Å²) in [5.74, 6) is -0.623. The number of hydrogen-bond acceptors (Lipinski definition) is 5. The molecule has 0 aliphatic carbocycles. The van der Waals surface area contributed by atoms with Crippen LogP contribution in [0.5, 0.6) is 0 Å². The van der Waals surface area contributed by atoms with Gasteiger partial charge in [0.2, 0.25) is 5.91 Å². The van der Waals surface area contributed by atoms with E-state index in [-0.39, 0.29) is 28.9 Å². The number of likely N-dealkylation sites (tertiary alicyclic amines) is 1. The lowest BCUT2D eigenvalue weighted by Crippen LogP contribution is -2.32. The van der Waals surface area contributed by atoms with Gasteiger partial charge >= 0.3 is 0 Å². The van der Waals surface area contributed by atoms with Crippen LogP contribution >= 0.6 is 11.6 Å². The first kappa shape index (κ1) is 12.6. The van der Waals surface area contributed by atoms with Gasteiger partial charge in [-0.05, 0) is 0 Å². The van der Waals surface area contributed by atoms with Crippen molar-refractivity contribution < 1.29 is 9.59 Å². The summed E-state index contributed by atoms with van der Waals surface area (Å²) in [4.78, 5) is 35.6. The Bertz CT molecular complexity index is 583. The van der Waals surface area contributed by atoms with Crippen molar-refractivity contribution >= 4 is 29.1 Å². The van der Waals surface area contributed by atoms with Crippen molar-refractivity contribution in [3.8, 4) is 0 Å². The van der Waals surface area contributed by atoms with Crippen LogP contribution in [-0.2, 0) is 16.6 Å². The van der Waals surface area contributed by atoms with Gasteiger partial charge in [0.25, 0.3) is 11.5 Å². The van der Waals surface area contributed by atoms with Crippen LogP contribution in [0.25, 0.3) is 0 Å². The van der Waals surface area contributed by atoms with Crippen molar-refractivity contribution in [2.24, 2.45) is 7.05 Å². The lowest BCUT2D eigenvalue weighted by atomic mass is 10.2. The van der Waals surface area contributed by atoms with E-state index in [1.165, 1.54) is 20.3 Å². The molecule has 0 saturated carbocycles. The van der Waals surface area contributed by atoms with E-state index >= 15 is 0 Å². The van der Waals surface area contributed by atoms with Gasteiger partial charge < -0.3 is 5.32 Å². The third-order valence-electron chi connectivity index (χ3n) is 2.79. The number of anilines is 1. The number of imide groups is 1. The average molecular weight is 271 g/mol. The highest BCUT2D eigenvalue weighted by Gasteiger charge is 2.36. The summed E-state index contributed by atoms with van der Waals surface area (Å²) in [5, 5.41) is 6.51. The minimum atomic E-state index is -0.700. The van der Waals surface area contributed by atoms with Crippen LogP contribution in [0.3, 0.4) is 0 Å². The molecule has 2 rings (SSSR count). The maximum atomic E-state index is 11.7. The molecule has 2 amide bonds. The van der Waals surface area contributed by atoms with E-state index in [1.54, 1.807) is 0 Å². The van der Waals surface area contributed by atoms with E-state index in [9.17, 15) is 14.4 Å². The van der Waals surface area contributed by atoms with E-state index in [4.69, 9.17) is 11.6 Å². The van der Waals surface area contributed by atoms with E-state index in [1.807, 2.05) is 0 Å². The van der Waals surface area contributed by atoms with E-state index in [0.29, 0.717) is 0 Å². The number of nitrogens with zero attached hydrogens (tertiary/aromatic N) is 3. The van der Waals surface area contributed by atoms with Crippen molar-refractivity contribution in [3.05, 3.63) is 21.6 Å². The van der Waals surface area contributed by atoms with Crippen LogP contribution in [0.15, 0.2) is 11.0 Å². The van der Waals surface area contributed by atoms with Crippen LogP contribution in [0, 0.1) is 0 Å². The molecule has 1 N–H and O–H groups in total. The second-order valence-electron chi connectivity index (χ2n) is 3.99. The van der Waals surface area contributed by atoms with Crippen molar-refractivity contribution in [1.82, 2.24) is 14.7 Å². The van der Waals surface area contributed by atoms with Gasteiger partial charge in [-0.3, -0.25) is 19.3 Å². The highest BCUT2D eigenvalue weighted by atomic mass is 35.5. The molecule has 1 aromatic heterocycles. The van der Waals surface area contributed by atoms with Gasteiger partial charge in [-0.2, -0.15) is 5.10 Å². The summed E-state index contributed by atoms with van der Waals surface area (Å²) in [6, 6.07) is -0.700. The fraction of sp³-hybridized carbons (Fsp3) is 0.400. The second-order valence-corrected chi connectivity index (χ2v) is 4.37. The van der Waals surface area contributed by atoms with Crippen molar-refractivity contribution in [3.63, 3.8) is 0 Å². The number of nitrogens with one attached hydrogen (secondary N) is 1.